The molecule has 0 aliphatic carbocycles. The maximum atomic E-state index is 11.9. The quantitative estimate of drug-likeness (QED) is 0.813. The van der Waals surface area contributed by atoms with E-state index in [1.54, 1.807) is 24.8 Å². The van der Waals surface area contributed by atoms with Gasteiger partial charge in [-0.05, 0) is 18.6 Å². The molecule has 2 aromatic heterocycles. The van der Waals surface area contributed by atoms with E-state index in [-0.39, 0.29) is 11.1 Å². The first-order valence-corrected chi connectivity index (χ1v) is 5.84. The van der Waals surface area contributed by atoms with Crippen molar-refractivity contribution in [2.24, 2.45) is 0 Å². The van der Waals surface area contributed by atoms with Gasteiger partial charge >= 0.3 is 0 Å². The molecule has 0 saturated heterocycles. The highest BCUT2D eigenvalue weighted by Gasteiger charge is 2.06. The second-order valence-electron chi connectivity index (χ2n) is 4.05. The topological polar surface area (TPSA) is 63.6 Å². The van der Waals surface area contributed by atoms with Crippen LogP contribution < -0.4 is 5.56 Å². The molecule has 92 valence electrons. The third-order valence-corrected chi connectivity index (χ3v) is 2.74. The second-order valence-corrected chi connectivity index (χ2v) is 4.05. The number of rotatable bonds is 4. The second kappa shape index (κ2) is 5.32. The Balaban J connectivity index is 2.32. The Morgan fingerprint density at radius 2 is 2.28 bits per heavy atom. The van der Waals surface area contributed by atoms with Gasteiger partial charge in [-0.15, -0.1) is 0 Å². The number of hydrogen-bond acceptors (Lipinski definition) is 3. The summed E-state index contributed by atoms with van der Waals surface area (Å²) in [4.78, 5) is 16.0. The molecule has 0 bridgehead atoms. The molecule has 2 aromatic rings. The van der Waals surface area contributed by atoms with Gasteiger partial charge in [-0.1, -0.05) is 6.92 Å². The van der Waals surface area contributed by atoms with Crippen molar-refractivity contribution in [3.63, 3.8) is 0 Å². The van der Waals surface area contributed by atoms with Gasteiger partial charge < -0.3 is 9.13 Å². The molecule has 5 heteroatoms. The van der Waals surface area contributed by atoms with E-state index in [4.69, 9.17) is 5.26 Å². The predicted octanol–water partition coefficient (Wildman–Crippen LogP) is 1.37. The summed E-state index contributed by atoms with van der Waals surface area (Å²) < 4.78 is 3.55. The molecule has 0 amide bonds. The first-order chi connectivity index (χ1) is 8.76. The minimum atomic E-state index is -0.260. The van der Waals surface area contributed by atoms with Gasteiger partial charge in [-0.3, -0.25) is 4.79 Å². The first kappa shape index (κ1) is 12.1. The van der Waals surface area contributed by atoms with Gasteiger partial charge in [0.2, 0.25) is 0 Å². The number of pyridine rings is 1. The molecular formula is C13H14N4O. The van der Waals surface area contributed by atoms with Crippen molar-refractivity contribution in [1.82, 2.24) is 14.1 Å². The summed E-state index contributed by atoms with van der Waals surface area (Å²) in [6.45, 7) is 3.41. The molecule has 0 radical (unpaired) electrons. The summed E-state index contributed by atoms with van der Waals surface area (Å²) >= 11 is 0. The lowest BCUT2D eigenvalue weighted by molar-refractivity contribution is 0.616. The van der Waals surface area contributed by atoms with E-state index >= 15 is 0 Å². The SMILES string of the molecule is CCCn1cncc1Cn1cccc(C#N)c1=O. The molecule has 18 heavy (non-hydrogen) atoms. The Morgan fingerprint density at radius 1 is 1.44 bits per heavy atom. The zero-order valence-electron chi connectivity index (χ0n) is 10.2. The van der Waals surface area contributed by atoms with Crippen LogP contribution in [0, 0.1) is 11.3 Å². The van der Waals surface area contributed by atoms with Crippen LogP contribution in [-0.2, 0) is 13.1 Å². The summed E-state index contributed by atoms with van der Waals surface area (Å²) in [7, 11) is 0. The third-order valence-electron chi connectivity index (χ3n) is 2.74. The van der Waals surface area contributed by atoms with Gasteiger partial charge in [0, 0.05) is 18.9 Å². The standard InChI is InChI=1S/C13H14N4O/c1-2-5-17-10-15-8-12(17)9-16-6-3-4-11(7-14)13(16)18/h3-4,6,8,10H,2,5,9H2,1H3. The molecule has 0 aromatic carbocycles. The van der Waals surface area contributed by atoms with Crippen LogP contribution in [0.5, 0.6) is 0 Å². The van der Waals surface area contributed by atoms with Crippen molar-refractivity contribution in [1.29, 1.82) is 5.26 Å². The molecule has 2 rings (SSSR count). The van der Waals surface area contributed by atoms with Crippen molar-refractivity contribution in [3.8, 4) is 6.07 Å². The van der Waals surface area contributed by atoms with E-state index in [2.05, 4.69) is 11.9 Å². The largest absolute Gasteiger partial charge is 0.333 e. The molecule has 0 aliphatic heterocycles. The minimum Gasteiger partial charge on any atom is -0.333 e. The zero-order chi connectivity index (χ0) is 13.0. The van der Waals surface area contributed by atoms with Crippen molar-refractivity contribution in [3.05, 3.63) is 52.5 Å². The van der Waals surface area contributed by atoms with E-state index in [9.17, 15) is 4.79 Å². The van der Waals surface area contributed by atoms with Crippen molar-refractivity contribution >= 4 is 0 Å². The van der Waals surface area contributed by atoms with Crippen molar-refractivity contribution in [2.75, 3.05) is 0 Å². The Kier molecular flexibility index (Phi) is 3.58. The molecular weight excluding hydrogens is 228 g/mol. The fraction of sp³-hybridized carbons (Fsp3) is 0.308. The van der Waals surface area contributed by atoms with E-state index in [1.165, 1.54) is 10.6 Å². The first-order valence-electron chi connectivity index (χ1n) is 5.84. The van der Waals surface area contributed by atoms with Crippen LogP contribution in [0.15, 0.2) is 35.6 Å². The van der Waals surface area contributed by atoms with Gasteiger partial charge in [0.15, 0.2) is 0 Å². The van der Waals surface area contributed by atoms with Crippen LogP contribution >= 0.6 is 0 Å². The summed E-state index contributed by atoms with van der Waals surface area (Å²) in [5.74, 6) is 0. The molecule has 0 fully saturated rings. The highest BCUT2D eigenvalue weighted by atomic mass is 16.1. The average molecular weight is 242 g/mol. The summed E-state index contributed by atoms with van der Waals surface area (Å²) in [5, 5.41) is 8.83. The van der Waals surface area contributed by atoms with Gasteiger partial charge in [-0.25, -0.2) is 4.98 Å². The minimum absolute atomic E-state index is 0.166. The van der Waals surface area contributed by atoms with Crippen molar-refractivity contribution < 1.29 is 0 Å². The molecule has 2 heterocycles. The summed E-state index contributed by atoms with van der Waals surface area (Å²) in [6, 6.07) is 5.14. The lowest BCUT2D eigenvalue weighted by Gasteiger charge is -2.08. The molecule has 0 atom stereocenters. The number of aromatic nitrogens is 3. The molecule has 0 aliphatic rings. The number of aryl methyl sites for hydroxylation is 1. The fourth-order valence-corrected chi connectivity index (χ4v) is 1.84. The summed E-state index contributed by atoms with van der Waals surface area (Å²) in [5.41, 5.74) is 0.873. The normalized spacial score (nSPS) is 10.2. The van der Waals surface area contributed by atoms with Crippen LogP contribution in [0.1, 0.15) is 24.6 Å². The lowest BCUT2D eigenvalue weighted by atomic mass is 10.3. The van der Waals surface area contributed by atoms with Crippen LogP contribution in [-0.4, -0.2) is 14.1 Å². The number of nitriles is 1. The fourth-order valence-electron chi connectivity index (χ4n) is 1.84. The van der Waals surface area contributed by atoms with Crippen molar-refractivity contribution in [2.45, 2.75) is 26.4 Å². The average Bonchev–Trinajstić information content (AvgIpc) is 2.80. The highest BCUT2D eigenvalue weighted by Crippen LogP contribution is 2.03. The monoisotopic (exact) mass is 242 g/mol. The Morgan fingerprint density at radius 3 is 3.00 bits per heavy atom. The van der Waals surface area contributed by atoms with Gasteiger partial charge in [0.1, 0.15) is 11.6 Å². The molecule has 5 nitrogen and oxygen atoms in total. The number of imidazole rings is 1. The number of hydrogen-bond donors (Lipinski definition) is 0. The maximum Gasteiger partial charge on any atom is 0.268 e. The van der Waals surface area contributed by atoms with Crippen LogP contribution in [0.3, 0.4) is 0 Å². The Bertz CT molecular complexity index is 633. The smallest absolute Gasteiger partial charge is 0.268 e. The number of nitrogens with zero attached hydrogens (tertiary/aromatic N) is 4. The molecule has 0 unspecified atom stereocenters. The Labute approximate surface area is 105 Å². The van der Waals surface area contributed by atoms with Crippen LogP contribution in [0.2, 0.25) is 0 Å². The van der Waals surface area contributed by atoms with Gasteiger partial charge in [-0.2, -0.15) is 5.26 Å². The molecule has 0 spiro atoms. The van der Waals surface area contributed by atoms with E-state index < -0.39 is 0 Å². The maximum absolute atomic E-state index is 11.9. The van der Waals surface area contributed by atoms with Gasteiger partial charge in [0.25, 0.3) is 5.56 Å². The van der Waals surface area contributed by atoms with Crippen LogP contribution in [0.4, 0.5) is 0 Å². The Hall–Kier alpha value is -2.35. The summed E-state index contributed by atoms with van der Waals surface area (Å²) in [6.07, 6.45) is 6.21. The van der Waals surface area contributed by atoms with Crippen LogP contribution in [0.25, 0.3) is 0 Å². The van der Waals surface area contributed by atoms with E-state index in [0.29, 0.717) is 6.54 Å². The molecule has 0 saturated carbocycles. The zero-order valence-corrected chi connectivity index (χ0v) is 10.2. The van der Waals surface area contributed by atoms with E-state index in [0.717, 1.165) is 18.7 Å². The molecule has 0 N–H and O–H groups in total. The third kappa shape index (κ3) is 2.33. The van der Waals surface area contributed by atoms with E-state index in [1.807, 2.05) is 10.6 Å². The lowest BCUT2D eigenvalue weighted by Crippen LogP contribution is -2.23. The predicted molar refractivity (Wildman–Crippen MR) is 67.0 cm³/mol. The highest BCUT2D eigenvalue weighted by molar-refractivity contribution is 5.25. The van der Waals surface area contributed by atoms with Gasteiger partial charge in [0.05, 0.1) is 18.6 Å².